The van der Waals surface area contributed by atoms with Gasteiger partial charge in [-0.2, -0.15) is 0 Å². The zero-order valence-corrected chi connectivity index (χ0v) is 7.64. The van der Waals surface area contributed by atoms with Gasteiger partial charge in [-0.05, 0) is 17.5 Å². The second-order valence-corrected chi connectivity index (χ2v) is 3.14. The summed E-state index contributed by atoms with van der Waals surface area (Å²) >= 11 is 0. The molecule has 76 valence electrons. The van der Waals surface area contributed by atoms with Crippen molar-refractivity contribution < 1.29 is 20.1 Å². The Balaban J connectivity index is 2.94. The average Bonchev–Trinajstić information content (AvgIpc) is 2.23. The zero-order chi connectivity index (χ0) is 11.0. The topological polar surface area (TPSA) is 77.8 Å². The second-order valence-electron chi connectivity index (χ2n) is 3.14. The Morgan fingerprint density at radius 3 is 2.47 bits per heavy atom. The quantitative estimate of drug-likeness (QED) is 0.620. The number of carboxylic acid groups (broad SMARTS) is 1. The molecular weight excluding hydrogens is 196 g/mol. The van der Waals surface area contributed by atoms with Crippen molar-refractivity contribution in [3.05, 3.63) is 35.9 Å². The molecule has 0 fully saturated rings. The SMILES string of the molecule is O=C(O)c1cccc2ccc(O)c(O)c12. The first-order chi connectivity index (χ1) is 7.11. The summed E-state index contributed by atoms with van der Waals surface area (Å²) in [6.45, 7) is 0. The molecule has 0 atom stereocenters. The number of phenolic OH excluding ortho intramolecular Hbond substituents is 2. The minimum atomic E-state index is -1.14. The summed E-state index contributed by atoms with van der Waals surface area (Å²) in [5, 5.41) is 28.5. The number of hydrogen-bond donors (Lipinski definition) is 3. The number of carbonyl (C=O) groups is 1. The predicted molar refractivity (Wildman–Crippen MR) is 54.2 cm³/mol. The number of carboxylic acids is 1. The molecule has 0 saturated carbocycles. The molecule has 3 N–H and O–H groups in total. The van der Waals surface area contributed by atoms with Crippen LogP contribution in [0.5, 0.6) is 11.5 Å². The third-order valence-corrected chi connectivity index (χ3v) is 2.23. The molecule has 0 saturated heterocycles. The molecule has 4 heteroatoms. The summed E-state index contributed by atoms with van der Waals surface area (Å²) < 4.78 is 0. The van der Waals surface area contributed by atoms with Crippen molar-refractivity contribution in [2.45, 2.75) is 0 Å². The van der Waals surface area contributed by atoms with Gasteiger partial charge in [-0.25, -0.2) is 4.79 Å². The number of phenols is 2. The van der Waals surface area contributed by atoms with Gasteiger partial charge in [0.05, 0.1) is 5.56 Å². The van der Waals surface area contributed by atoms with E-state index in [-0.39, 0.29) is 16.7 Å². The van der Waals surface area contributed by atoms with E-state index in [1.54, 1.807) is 18.2 Å². The largest absolute Gasteiger partial charge is 0.504 e. The van der Waals surface area contributed by atoms with Gasteiger partial charge in [-0.15, -0.1) is 0 Å². The van der Waals surface area contributed by atoms with E-state index in [1.807, 2.05) is 0 Å². The molecule has 2 aromatic rings. The fraction of sp³-hybridized carbons (Fsp3) is 0. The minimum Gasteiger partial charge on any atom is -0.504 e. The van der Waals surface area contributed by atoms with Gasteiger partial charge in [-0.3, -0.25) is 0 Å². The van der Waals surface area contributed by atoms with Crippen molar-refractivity contribution in [1.29, 1.82) is 0 Å². The first-order valence-corrected chi connectivity index (χ1v) is 4.28. The molecule has 2 aromatic carbocycles. The molecule has 0 amide bonds. The summed E-state index contributed by atoms with van der Waals surface area (Å²) in [6, 6.07) is 7.51. The Kier molecular flexibility index (Phi) is 1.97. The molecule has 4 nitrogen and oxygen atoms in total. The highest BCUT2D eigenvalue weighted by molar-refractivity contribution is 6.07. The van der Waals surface area contributed by atoms with E-state index >= 15 is 0 Å². The summed E-state index contributed by atoms with van der Waals surface area (Å²) in [5.41, 5.74) is -0.0269. The Morgan fingerprint density at radius 1 is 1.07 bits per heavy atom. The first kappa shape index (κ1) is 9.33. The van der Waals surface area contributed by atoms with E-state index in [0.29, 0.717) is 5.39 Å². The molecule has 0 unspecified atom stereocenters. The van der Waals surface area contributed by atoms with Crippen LogP contribution in [0.1, 0.15) is 10.4 Å². The molecule has 0 heterocycles. The summed E-state index contributed by atoms with van der Waals surface area (Å²) in [7, 11) is 0. The maximum Gasteiger partial charge on any atom is 0.336 e. The second kappa shape index (κ2) is 3.16. The van der Waals surface area contributed by atoms with Gasteiger partial charge in [-0.1, -0.05) is 18.2 Å². The summed E-state index contributed by atoms with van der Waals surface area (Å²) in [4.78, 5) is 10.9. The number of aromatic carboxylic acids is 1. The lowest BCUT2D eigenvalue weighted by molar-refractivity contribution is 0.0699. The highest BCUT2D eigenvalue weighted by atomic mass is 16.4. The molecule has 2 rings (SSSR count). The molecule has 0 radical (unpaired) electrons. The van der Waals surface area contributed by atoms with Gasteiger partial charge < -0.3 is 15.3 Å². The van der Waals surface area contributed by atoms with E-state index in [0.717, 1.165) is 0 Å². The van der Waals surface area contributed by atoms with E-state index in [2.05, 4.69) is 0 Å². The molecule has 0 aliphatic heterocycles. The van der Waals surface area contributed by atoms with Crippen LogP contribution in [0.2, 0.25) is 0 Å². The zero-order valence-electron chi connectivity index (χ0n) is 7.64. The van der Waals surface area contributed by atoms with Crippen LogP contribution in [-0.2, 0) is 0 Å². The Morgan fingerprint density at radius 2 is 1.80 bits per heavy atom. The minimum absolute atomic E-state index is 0.0269. The number of aromatic hydroxyl groups is 2. The molecule has 0 aliphatic rings. The normalized spacial score (nSPS) is 10.4. The van der Waals surface area contributed by atoms with Crippen LogP contribution in [0.3, 0.4) is 0 Å². The molecule has 0 aromatic heterocycles. The van der Waals surface area contributed by atoms with E-state index in [1.165, 1.54) is 12.1 Å². The van der Waals surface area contributed by atoms with E-state index < -0.39 is 11.7 Å². The third-order valence-electron chi connectivity index (χ3n) is 2.23. The van der Waals surface area contributed by atoms with Gasteiger partial charge in [0.2, 0.25) is 0 Å². The van der Waals surface area contributed by atoms with Gasteiger partial charge in [0.1, 0.15) is 0 Å². The molecule has 15 heavy (non-hydrogen) atoms. The van der Waals surface area contributed by atoms with Crippen LogP contribution in [0.15, 0.2) is 30.3 Å². The van der Waals surface area contributed by atoms with Crippen LogP contribution in [0, 0.1) is 0 Å². The van der Waals surface area contributed by atoms with Gasteiger partial charge in [0, 0.05) is 5.39 Å². The highest BCUT2D eigenvalue weighted by Gasteiger charge is 2.13. The molecule has 0 aliphatic carbocycles. The lowest BCUT2D eigenvalue weighted by Gasteiger charge is -2.05. The Bertz CT molecular complexity index is 546. The summed E-state index contributed by atoms with van der Waals surface area (Å²) in [5.74, 6) is -1.86. The maximum atomic E-state index is 10.9. The summed E-state index contributed by atoms with van der Waals surface area (Å²) in [6.07, 6.45) is 0. The van der Waals surface area contributed by atoms with Crippen LogP contribution >= 0.6 is 0 Å². The monoisotopic (exact) mass is 204 g/mol. The molecule has 0 spiro atoms. The first-order valence-electron chi connectivity index (χ1n) is 4.28. The van der Waals surface area contributed by atoms with Crippen molar-refractivity contribution >= 4 is 16.7 Å². The Labute approximate surface area is 85.0 Å². The van der Waals surface area contributed by atoms with Crippen molar-refractivity contribution in [3.8, 4) is 11.5 Å². The van der Waals surface area contributed by atoms with E-state index in [4.69, 9.17) is 5.11 Å². The van der Waals surface area contributed by atoms with Crippen LogP contribution in [0.25, 0.3) is 10.8 Å². The molecular formula is C11H8O4. The van der Waals surface area contributed by atoms with Crippen LogP contribution in [0.4, 0.5) is 0 Å². The van der Waals surface area contributed by atoms with Gasteiger partial charge >= 0.3 is 5.97 Å². The predicted octanol–water partition coefficient (Wildman–Crippen LogP) is 1.95. The lowest BCUT2D eigenvalue weighted by Crippen LogP contribution is -1.97. The highest BCUT2D eigenvalue weighted by Crippen LogP contribution is 2.35. The molecule has 0 bridgehead atoms. The van der Waals surface area contributed by atoms with Gasteiger partial charge in [0.25, 0.3) is 0 Å². The number of benzene rings is 2. The Hall–Kier alpha value is -2.23. The van der Waals surface area contributed by atoms with E-state index in [9.17, 15) is 15.0 Å². The van der Waals surface area contributed by atoms with Crippen molar-refractivity contribution in [2.75, 3.05) is 0 Å². The smallest absolute Gasteiger partial charge is 0.336 e. The number of hydrogen-bond acceptors (Lipinski definition) is 3. The fourth-order valence-electron chi connectivity index (χ4n) is 1.53. The van der Waals surface area contributed by atoms with Crippen molar-refractivity contribution in [1.82, 2.24) is 0 Å². The maximum absolute atomic E-state index is 10.9. The fourth-order valence-corrected chi connectivity index (χ4v) is 1.53. The van der Waals surface area contributed by atoms with Crippen molar-refractivity contribution in [2.24, 2.45) is 0 Å². The average molecular weight is 204 g/mol. The van der Waals surface area contributed by atoms with Crippen LogP contribution < -0.4 is 0 Å². The van der Waals surface area contributed by atoms with Gasteiger partial charge in [0.15, 0.2) is 11.5 Å². The number of rotatable bonds is 1. The van der Waals surface area contributed by atoms with Crippen LogP contribution in [-0.4, -0.2) is 21.3 Å². The standard InChI is InChI=1S/C11H8O4/c12-8-5-4-6-2-1-3-7(11(14)15)9(6)10(8)13/h1-5,12-13H,(H,14,15). The van der Waals surface area contributed by atoms with Crippen molar-refractivity contribution in [3.63, 3.8) is 0 Å². The number of fused-ring (bicyclic) bond motifs is 1. The lowest BCUT2D eigenvalue weighted by atomic mass is 10.0. The third kappa shape index (κ3) is 1.36.